The van der Waals surface area contributed by atoms with Gasteiger partial charge in [-0.15, -0.1) is 0 Å². The summed E-state index contributed by atoms with van der Waals surface area (Å²) in [5, 5.41) is 26.3. The van der Waals surface area contributed by atoms with Crippen LogP contribution in [0.5, 0.6) is 46.1 Å². The highest BCUT2D eigenvalue weighted by molar-refractivity contribution is 6.01. The number of rotatable bonds is 18. The summed E-state index contributed by atoms with van der Waals surface area (Å²) in [5.74, 6) is 2.01. The van der Waals surface area contributed by atoms with Crippen LogP contribution in [0.2, 0.25) is 0 Å². The van der Waals surface area contributed by atoms with Crippen LogP contribution in [-0.2, 0) is 19.9 Å². The average Bonchev–Trinajstić information content (AvgIpc) is 4.06. The first-order chi connectivity index (χ1) is 37.1. The largest absolute Gasteiger partial charge is 0.508 e. The summed E-state index contributed by atoms with van der Waals surface area (Å²) >= 11 is 0. The topological polar surface area (TPSA) is 210 Å². The van der Waals surface area contributed by atoms with Crippen molar-refractivity contribution in [2.75, 3.05) is 65.4 Å². The number of benzene rings is 5. The van der Waals surface area contributed by atoms with Crippen molar-refractivity contribution in [3.63, 3.8) is 0 Å². The van der Waals surface area contributed by atoms with Gasteiger partial charge >= 0.3 is 5.97 Å². The molecule has 5 aromatic carbocycles. The van der Waals surface area contributed by atoms with Gasteiger partial charge in [0.15, 0.2) is 5.60 Å². The Bertz CT molecular complexity index is 3280. The molecular formula is C58H56N8O10. The molecule has 1 spiro atoms. The SMILES string of the molecule is O=C(CCCCCNC(=O)c1ccc2c(c1)C(=O)OC21c2ccc(O)cc2Oc2cc(O)ccc21)NCCN1CCN(CC=CC(=O)N2CC(n3ccc4ncnc(Oc5ccc(Oc6ccccc6)cc5)c43)C2)CC1. The molecule has 2 aromatic heterocycles. The highest BCUT2D eigenvalue weighted by atomic mass is 16.6. The quantitative estimate of drug-likeness (QED) is 0.0370. The van der Waals surface area contributed by atoms with E-state index in [1.54, 1.807) is 30.3 Å². The molecule has 0 atom stereocenters. The van der Waals surface area contributed by atoms with Crippen molar-refractivity contribution in [2.45, 2.75) is 37.3 Å². The van der Waals surface area contributed by atoms with Gasteiger partial charge in [0.25, 0.3) is 5.91 Å². The number of piperazine rings is 1. The Morgan fingerprint density at radius 1 is 0.724 bits per heavy atom. The molecule has 2 fully saturated rings. The van der Waals surface area contributed by atoms with Crippen molar-refractivity contribution in [1.82, 2.24) is 39.9 Å². The highest BCUT2D eigenvalue weighted by Gasteiger charge is 2.54. The molecule has 76 heavy (non-hydrogen) atoms. The molecule has 0 saturated carbocycles. The first kappa shape index (κ1) is 49.5. The third-order valence-corrected chi connectivity index (χ3v) is 14.3. The fraction of sp³-hybridized carbons (Fsp3) is 0.276. The normalized spacial score (nSPS) is 15.8. The second-order valence-electron chi connectivity index (χ2n) is 19.3. The maximum Gasteiger partial charge on any atom is 0.340 e. The van der Waals surface area contributed by atoms with E-state index in [9.17, 15) is 29.4 Å². The Balaban J connectivity index is 0.557. The number of hydrogen-bond donors (Lipinski definition) is 4. The number of nitrogens with one attached hydrogen (secondary N) is 2. The van der Waals surface area contributed by atoms with Crippen molar-refractivity contribution in [3.05, 3.63) is 168 Å². The average molecular weight is 1030 g/mol. The van der Waals surface area contributed by atoms with Crippen LogP contribution < -0.4 is 24.8 Å². The number of aromatic hydroxyl groups is 2. The number of carbonyl (C=O) groups excluding carboxylic acids is 4. The van der Waals surface area contributed by atoms with E-state index in [0.29, 0.717) is 91.6 Å². The molecule has 4 aliphatic rings. The molecular weight excluding hydrogens is 969 g/mol. The fourth-order valence-corrected chi connectivity index (χ4v) is 10.3. The number of para-hydroxylation sites is 1. The number of fused-ring (bicyclic) bond motifs is 7. The van der Waals surface area contributed by atoms with E-state index in [1.807, 2.05) is 77.8 Å². The predicted molar refractivity (Wildman–Crippen MR) is 280 cm³/mol. The minimum Gasteiger partial charge on any atom is -0.508 e. The first-order valence-corrected chi connectivity index (χ1v) is 25.6. The molecule has 0 bridgehead atoms. The standard InChI is InChI=1S/C58H56N8O10/c67-40-13-20-47-50(33-40)75-51-34-41(68)14-21-48(51)58(47)46-19-12-38(32-45(46)57(72)76-58)55(71)60-23-6-2-5-10-52(69)59-24-27-64-30-28-63(29-31-64)25-7-11-53(70)65-35-39(36-65)66-26-22-49-54(66)56(62-37-61-49)74-44-17-15-43(16-18-44)73-42-8-3-1-4-9-42/h1,3-4,7-9,11-22,26,32-34,37,39,67-68H,2,5-6,10,23-25,27-31,35-36H2,(H,59,69)(H,60,71). The van der Waals surface area contributed by atoms with E-state index < -0.39 is 11.6 Å². The molecule has 6 heterocycles. The zero-order valence-corrected chi connectivity index (χ0v) is 41.6. The van der Waals surface area contributed by atoms with Crippen LogP contribution in [0.4, 0.5) is 0 Å². The monoisotopic (exact) mass is 1020 g/mol. The Morgan fingerprint density at radius 3 is 2.14 bits per heavy atom. The first-order valence-electron chi connectivity index (χ1n) is 25.6. The Labute approximate surface area is 438 Å². The second kappa shape index (κ2) is 21.6. The molecule has 18 nitrogen and oxygen atoms in total. The van der Waals surface area contributed by atoms with Gasteiger partial charge in [0.2, 0.25) is 17.7 Å². The molecule has 2 saturated heterocycles. The van der Waals surface area contributed by atoms with Crippen LogP contribution in [-0.4, -0.2) is 129 Å². The lowest BCUT2D eigenvalue weighted by atomic mass is 9.77. The van der Waals surface area contributed by atoms with Gasteiger partial charge in [0, 0.05) is 119 Å². The Hall–Kier alpha value is -8.74. The smallest absolute Gasteiger partial charge is 0.340 e. The van der Waals surface area contributed by atoms with Gasteiger partial charge in [0.1, 0.15) is 52.1 Å². The van der Waals surface area contributed by atoms with Crippen LogP contribution in [0.1, 0.15) is 69.1 Å². The molecule has 0 aliphatic carbocycles. The van der Waals surface area contributed by atoms with Crippen molar-refractivity contribution < 1.29 is 48.3 Å². The van der Waals surface area contributed by atoms with E-state index >= 15 is 0 Å². The summed E-state index contributed by atoms with van der Waals surface area (Å²) < 4.78 is 26.4. The molecule has 0 unspecified atom stereocenters. The molecule has 4 aliphatic heterocycles. The lowest BCUT2D eigenvalue weighted by molar-refractivity contribution is -0.131. The van der Waals surface area contributed by atoms with E-state index in [-0.39, 0.29) is 52.3 Å². The van der Waals surface area contributed by atoms with Gasteiger partial charge < -0.3 is 49.3 Å². The molecule has 0 radical (unpaired) electrons. The third kappa shape index (κ3) is 10.4. The highest BCUT2D eigenvalue weighted by Crippen LogP contribution is 2.57. The molecule has 388 valence electrons. The van der Waals surface area contributed by atoms with E-state index in [0.717, 1.165) is 55.9 Å². The lowest BCUT2D eigenvalue weighted by Crippen LogP contribution is -2.50. The minimum atomic E-state index is -1.41. The van der Waals surface area contributed by atoms with Crippen LogP contribution >= 0.6 is 0 Å². The predicted octanol–water partition coefficient (Wildman–Crippen LogP) is 7.66. The number of aromatic nitrogens is 3. The molecule has 11 rings (SSSR count). The summed E-state index contributed by atoms with van der Waals surface area (Å²) in [5.41, 5.74) is 2.19. The Kier molecular flexibility index (Phi) is 14.1. The van der Waals surface area contributed by atoms with Gasteiger partial charge in [-0.3, -0.25) is 24.2 Å². The summed E-state index contributed by atoms with van der Waals surface area (Å²) in [6.45, 7) is 7.03. The number of amides is 3. The van der Waals surface area contributed by atoms with Crippen LogP contribution in [0.15, 0.2) is 140 Å². The van der Waals surface area contributed by atoms with Crippen LogP contribution in [0.3, 0.4) is 0 Å². The number of likely N-dealkylation sites (tertiary alicyclic amines) is 1. The van der Waals surface area contributed by atoms with E-state index in [2.05, 4.69) is 35.0 Å². The minimum absolute atomic E-state index is 0.000501. The zero-order valence-electron chi connectivity index (χ0n) is 41.6. The number of phenols is 2. The van der Waals surface area contributed by atoms with Gasteiger partial charge in [-0.2, -0.15) is 4.98 Å². The molecule has 18 heteroatoms. The maximum absolute atomic E-state index is 13.4. The molecule has 4 N–H and O–H groups in total. The Morgan fingerprint density at radius 2 is 1.41 bits per heavy atom. The third-order valence-electron chi connectivity index (χ3n) is 14.3. The van der Waals surface area contributed by atoms with Gasteiger partial charge in [-0.1, -0.05) is 36.8 Å². The van der Waals surface area contributed by atoms with Crippen molar-refractivity contribution in [1.29, 1.82) is 0 Å². The summed E-state index contributed by atoms with van der Waals surface area (Å²) in [6, 6.07) is 32.9. The van der Waals surface area contributed by atoms with Crippen LogP contribution in [0.25, 0.3) is 11.0 Å². The number of carbonyl (C=O) groups is 4. The summed E-state index contributed by atoms with van der Waals surface area (Å²) in [6.07, 6.45) is 9.59. The van der Waals surface area contributed by atoms with E-state index in [1.165, 1.54) is 36.7 Å². The number of nitrogens with zero attached hydrogens (tertiary/aromatic N) is 6. The van der Waals surface area contributed by atoms with E-state index in [4.69, 9.17) is 18.9 Å². The molecule has 3 amide bonds. The second-order valence-corrected chi connectivity index (χ2v) is 19.3. The number of esters is 1. The molecule has 7 aromatic rings. The van der Waals surface area contributed by atoms with Crippen molar-refractivity contribution in [3.8, 4) is 46.1 Å². The fourth-order valence-electron chi connectivity index (χ4n) is 10.3. The number of hydrogen-bond acceptors (Lipinski definition) is 14. The maximum atomic E-state index is 13.4. The number of ether oxygens (including phenoxy) is 4. The number of phenolic OH excluding ortho intramolecular Hbond substituents is 2. The summed E-state index contributed by atoms with van der Waals surface area (Å²) in [4.78, 5) is 67.8. The van der Waals surface area contributed by atoms with Gasteiger partial charge in [-0.25, -0.2) is 9.78 Å². The van der Waals surface area contributed by atoms with Crippen molar-refractivity contribution >= 4 is 34.7 Å². The van der Waals surface area contributed by atoms with Gasteiger partial charge in [-0.05, 0) is 91.7 Å². The number of unbranched alkanes of at least 4 members (excludes halogenated alkanes) is 2. The van der Waals surface area contributed by atoms with Gasteiger partial charge in [0.05, 0.1) is 17.1 Å². The summed E-state index contributed by atoms with van der Waals surface area (Å²) in [7, 11) is 0. The zero-order chi connectivity index (χ0) is 52.2. The van der Waals surface area contributed by atoms with Crippen molar-refractivity contribution in [2.24, 2.45) is 0 Å². The van der Waals surface area contributed by atoms with Crippen LogP contribution in [0, 0.1) is 0 Å². The lowest BCUT2D eigenvalue weighted by Gasteiger charge is -2.40.